The highest BCUT2D eigenvalue weighted by Gasteiger charge is 2.22. The van der Waals surface area contributed by atoms with Gasteiger partial charge in [0.05, 0.1) is 12.0 Å². The third-order valence-electron chi connectivity index (χ3n) is 4.01. The average molecular weight is 405 g/mol. The van der Waals surface area contributed by atoms with Gasteiger partial charge in [-0.2, -0.15) is 0 Å². The first-order chi connectivity index (χ1) is 13.6. The summed E-state index contributed by atoms with van der Waals surface area (Å²) in [5.74, 6) is 0.531. The molecule has 0 aromatic carbocycles. The number of esters is 2. The number of hydrogen-bond acceptors (Lipinski definition) is 8. The molecule has 2 rings (SSSR count). The summed E-state index contributed by atoms with van der Waals surface area (Å²) >= 11 is 0. The Balaban J connectivity index is 2.06. The number of hydrogen-bond donors (Lipinski definition) is 2. The van der Waals surface area contributed by atoms with Crippen LogP contribution in [0.4, 0.5) is 5.82 Å². The van der Waals surface area contributed by atoms with Gasteiger partial charge in [-0.3, -0.25) is 9.59 Å². The molecular weight excluding hydrogens is 374 g/mol. The van der Waals surface area contributed by atoms with Crippen LogP contribution in [0.1, 0.15) is 46.4 Å². The number of nitrogens with one attached hydrogen (secondary N) is 1. The normalized spacial score (nSPS) is 12.6. The van der Waals surface area contributed by atoms with E-state index >= 15 is 0 Å². The number of rotatable bonds is 9. The molecule has 0 aliphatic carbocycles. The van der Waals surface area contributed by atoms with Gasteiger partial charge >= 0.3 is 11.9 Å². The summed E-state index contributed by atoms with van der Waals surface area (Å²) in [5, 5.41) is 3.96. The van der Waals surface area contributed by atoms with Gasteiger partial charge in [0.15, 0.2) is 0 Å². The molecule has 0 saturated heterocycles. The molecule has 29 heavy (non-hydrogen) atoms. The van der Waals surface area contributed by atoms with Crippen LogP contribution in [0.15, 0.2) is 12.3 Å². The van der Waals surface area contributed by atoms with Crippen molar-refractivity contribution in [2.45, 2.75) is 65.6 Å². The minimum Gasteiger partial charge on any atom is -0.466 e. The van der Waals surface area contributed by atoms with Crippen LogP contribution in [0.5, 0.6) is 0 Å². The van der Waals surface area contributed by atoms with Gasteiger partial charge < -0.3 is 25.1 Å². The number of carbonyl (C=O) groups excluding carboxylic acids is 2. The van der Waals surface area contributed by atoms with Crippen LogP contribution in [0.3, 0.4) is 0 Å². The van der Waals surface area contributed by atoms with Crippen LogP contribution in [0, 0.1) is 6.92 Å². The monoisotopic (exact) mass is 405 g/mol. The molecule has 2 aromatic heterocycles. The second kappa shape index (κ2) is 9.69. The Morgan fingerprint density at radius 3 is 2.69 bits per heavy atom. The Morgan fingerprint density at radius 1 is 1.31 bits per heavy atom. The molecule has 0 saturated carbocycles. The van der Waals surface area contributed by atoms with E-state index in [1.165, 1.54) is 0 Å². The van der Waals surface area contributed by atoms with E-state index in [2.05, 4.69) is 15.3 Å². The van der Waals surface area contributed by atoms with Crippen molar-refractivity contribution in [3.8, 4) is 0 Å². The number of anilines is 1. The Morgan fingerprint density at radius 2 is 2.03 bits per heavy atom. The summed E-state index contributed by atoms with van der Waals surface area (Å²) in [6, 6.07) is 1.09. The smallest absolute Gasteiger partial charge is 0.325 e. The summed E-state index contributed by atoms with van der Waals surface area (Å²) < 4.78 is 12.2. The Kier molecular flexibility index (Phi) is 7.55. The van der Waals surface area contributed by atoms with Crippen molar-refractivity contribution in [2.24, 2.45) is 5.73 Å². The van der Waals surface area contributed by atoms with Crippen LogP contribution in [0.25, 0.3) is 11.0 Å². The van der Waals surface area contributed by atoms with E-state index in [1.54, 1.807) is 34.6 Å². The van der Waals surface area contributed by atoms with Crippen molar-refractivity contribution in [1.29, 1.82) is 0 Å². The zero-order valence-electron chi connectivity index (χ0n) is 17.8. The molecular formula is C20H31N5O4. The Bertz CT molecular complexity index is 856. The van der Waals surface area contributed by atoms with Crippen LogP contribution in [-0.2, 0) is 25.6 Å². The van der Waals surface area contributed by atoms with Crippen LogP contribution < -0.4 is 11.1 Å². The minimum atomic E-state index is -0.814. The lowest BCUT2D eigenvalue weighted by atomic mass is 10.2. The molecule has 0 aliphatic heterocycles. The molecule has 2 heterocycles. The first-order valence-electron chi connectivity index (χ1n) is 9.82. The second-order valence-electron chi connectivity index (χ2n) is 7.80. The highest BCUT2D eigenvalue weighted by molar-refractivity contribution is 5.88. The molecule has 3 N–H and O–H groups in total. The van der Waals surface area contributed by atoms with Crippen molar-refractivity contribution in [3.63, 3.8) is 0 Å². The molecule has 0 fully saturated rings. The van der Waals surface area contributed by atoms with E-state index in [0.29, 0.717) is 37.6 Å². The van der Waals surface area contributed by atoms with Crippen LogP contribution in [-0.4, -0.2) is 51.3 Å². The molecule has 1 atom stereocenters. The van der Waals surface area contributed by atoms with Gasteiger partial charge in [-0.1, -0.05) is 0 Å². The molecule has 9 nitrogen and oxygen atoms in total. The zero-order valence-corrected chi connectivity index (χ0v) is 17.8. The molecule has 0 aliphatic rings. The van der Waals surface area contributed by atoms with Crippen molar-refractivity contribution in [3.05, 3.63) is 18.1 Å². The highest BCUT2D eigenvalue weighted by atomic mass is 16.6. The fourth-order valence-electron chi connectivity index (χ4n) is 2.78. The predicted molar refractivity (Wildman–Crippen MR) is 110 cm³/mol. The highest BCUT2D eigenvalue weighted by Crippen LogP contribution is 2.22. The summed E-state index contributed by atoms with van der Waals surface area (Å²) in [7, 11) is 0. The SMILES string of the molecule is CCOC(=O)CCCn1ccc2c(NCC(N)C(=O)OC(C)(C)C)nc(C)nc21. The summed E-state index contributed by atoms with van der Waals surface area (Å²) in [6.45, 7) is 10.2. The lowest BCUT2D eigenvalue weighted by molar-refractivity contribution is -0.156. The number of fused-ring (bicyclic) bond motifs is 1. The van der Waals surface area contributed by atoms with Crippen molar-refractivity contribution >= 4 is 28.8 Å². The van der Waals surface area contributed by atoms with Crippen molar-refractivity contribution < 1.29 is 19.1 Å². The Hall–Kier alpha value is -2.68. The standard InChI is InChI=1S/C20H31N5O4/c1-6-28-16(26)8-7-10-25-11-9-14-17(23-13(2)24-18(14)25)22-12-15(21)19(27)29-20(3,4)5/h9,11,15H,6-8,10,12,21H2,1-5H3,(H,22,23,24). The van der Waals surface area contributed by atoms with Crippen LogP contribution in [0.2, 0.25) is 0 Å². The second-order valence-corrected chi connectivity index (χ2v) is 7.80. The zero-order chi connectivity index (χ0) is 21.6. The largest absolute Gasteiger partial charge is 0.466 e. The lowest BCUT2D eigenvalue weighted by Crippen LogP contribution is -2.42. The number of nitrogens with zero attached hydrogens (tertiary/aromatic N) is 3. The molecule has 2 aromatic rings. The lowest BCUT2D eigenvalue weighted by Gasteiger charge is -2.22. The summed E-state index contributed by atoms with van der Waals surface area (Å²) in [4.78, 5) is 32.5. The predicted octanol–water partition coefficient (Wildman–Crippen LogP) is 2.16. The van der Waals surface area contributed by atoms with Crippen molar-refractivity contribution in [2.75, 3.05) is 18.5 Å². The summed E-state index contributed by atoms with van der Waals surface area (Å²) in [5.41, 5.74) is 6.12. The van der Waals surface area contributed by atoms with E-state index < -0.39 is 17.6 Å². The molecule has 9 heteroatoms. The number of aryl methyl sites for hydroxylation is 2. The maximum atomic E-state index is 12.1. The first-order valence-corrected chi connectivity index (χ1v) is 9.82. The van der Waals surface area contributed by atoms with Gasteiger partial charge in [-0.25, -0.2) is 9.97 Å². The average Bonchev–Trinajstić information content (AvgIpc) is 3.01. The third-order valence-corrected chi connectivity index (χ3v) is 4.01. The number of nitrogens with two attached hydrogens (primary N) is 1. The maximum Gasteiger partial charge on any atom is 0.325 e. The van der Waals surface area contributed by atoms with Gasteiger partial charge in [-0.05, 0) is 47.1 Å². The van der Waals surface area contributed by atoms with Gasteiger partial charge in [0, 0.05) is 25.7 Å². The topological polar surface area (TPSA) is 121 Å². The maximum absolute atomic E-state index is 12.1. The van der Waals surface area contributed by atoms with Gasteiger partial charge in [0.2, 0.25) is 0 Å². The number of carbonyl (C=O) groups is 2. The molecule has 0 bridgehead atoms. The van der Waals surface area contributed by atoms with E-state index in [4.69, 9.17) is 15.2 Å². The molecule has 1 unspecified atom stereocenters. The number of ether oxygens (including phenoxy) is 2. The quantitative estimate of drug-likeness (QED) is 0.609. The number of aromatic nitrogens is 3. The third kappa shape index (κ3) is 6.70. The Labute approximate surface area is 171 Å². The fraction of sp³-hybridized carbons (Fsp3) is 0.600. The molecule has 0 spiro atoms. The fourth-order valence-corrected chi connectivity index (χ4v) is 2.78. The van der Waals surface area contributed by atoms with Gasteiger partial charge in [0.1, 0.15) is 28.9 Å². The molecule has 0 amide bonds. The minimum absolute atomic E-state index is 0.189. The van der Waals surface area contributed by atoms with E-state index in [-0.39, 0.29) is 12.5 Å². The first kappa shape index (κ1) is 22.6. The van der Waals surface area contributed by atoms with Crippen LogP contribution >= 0.6 is 0 Å². The van der Waals surface area contributed by atoms with E-state index in [0.717, 1.165) is 11.0 Å². The van der Waals surface area contributed by atoms with Gasteiger partial charge in [0.25, 0.3) is 0 Å². The van der Waals surface area contributed by atoms with E-state index in [9.17, 15) is 9.59 Å². The van der Waals surface area contributed by atoms with Crippen molar-refractivity contribution in [1.82, 2.24) is 14.5 Å². The summed E-state index contributed by atoms with van der Waals surface area (Å²) in [6.07, 6.45) is 2.91. The molecule has 160 valence electrons. The van der Waals surface area contributed by atoms with Gasteiger partial charge in [-0.15, -0.1) is 0 Å². The molecule has 0 radical (unpaired) electrons. The van der Waals surface area contributed by atoms with E-state index in [1.807, 2.05) is 16.8 Å².